The van der Waals surface area contributed by atoms with Gasteiger partial charge in [-0.25, -0.2) is 4.98 Å². The number of likely N-dealkylation sites (N-methyl/N-ethyl adjacent to an activating group) is 1. The summed E-state index contributed by atoms with van der Waals surface area (Å²) in [5, 5.41) is 3.33. The molecule has 0 aromatic carbocycles. The lowest BCUT2D eigenvalue weighted by molar-refractivity contribution is 0.326. The maximum Gasteiger partial charge on any atom is 0.228 e. The van der Waals surface area contributed by atoms with Crippen molar-refractivity contribution < 1.29 is 4.74 Å². The first-order valence-electron chi connectivity index (χ1n) is 5.70. The molecule has 0 spiro atoms. The fourth-order valence-corrected chi connectivity index (χ4v) is 1.86. The molecule has 0 saturated carbocycles. The minimum atomic E-state index is 0.483. The predicted octanol–water partition coefficient (Wildman–Crippen LogP) is 0.673. The molecule has 2 rings (SSSR count). The van der Waals surface area contributed by atoms with Crippen molar-refractivity contribution in [1.82, 2.24) is 15.3 Å². The molecule has 1 aliphatic rings. The van der Waals surface area contributed by atoms with Crippen molar-refractivity contribution in [2.45, 2.75) is 19.4 Å². The fraction of sp³-hybridized carbons (Fsp3) is 0.636. The second-order valence-electron chi connectivity index (χ2n) is 3.89. The van der Waals surface area contributed by atoms with E-state index in [1.165, 1.54) is 0 Å². The molecule has 0 bridgehead atoms. The largest absolute Gasteiger partial charge is 0.478 e. The Morgan fingerprint density at radius 2 is 2.50 bits per heavy atom. The lowest BCUT2D eigenvalue weighted by Crippen LogP contribution is -2.34. The molecular weight excluding hydrogens is 204 g/mol. The van der Waals surface area contributed by atoms with Gasteiger partial charge < -0.3 is 15.0 Å². The molecule has 0 aliphatic carbocycles. The van der Waals surface area contributed by atoms with Gasteiger partial charge in [-0.3, -0.25) is 0 Å². The number of nitrogens with one attached hydrogen (secondary N) is 1. The van der Waals surface area contributed by atoms with Crippen LogP contribution >= 0.6 is 0 Å². The monoisotopic (exact) mass is 222 g/mol. The molecule has 16 heavy (non-hydrogen) atoms. The summed E-state index contributed by atoms with van der Waals surface area (Å²) in [6.07, 6.45) is 2.88. The SMILES string of the molecule is CCOc1ccnc(N(C)C2CCNC2)n1. The zero-order valence-electron chi connectivity index (χ0n) is 9.81. The van der Waals surface area contributed by atoms with Gasteiger partial charge in [-0.1, -0.05) is 0 Å². The van der Waals surface area contributed by atoms with E-state index in [-0.39, 0.29) is 0 Å². The average Bonchev–Trinajstić information content (AvgIpc) is 2.82. The number of anilines is 1. The Labute approximate surface area is 95.8 Å². The summed E-state index contributed by atoms with van der Waals surface area (Å²) in [6.45, 7) is 4.65. The Morgan fingerprint density at radius 3 is 3.19 bits per heavy atom. The summed E-state index contributed by atoms with van der Waals surface area (Å²) < 4.78 is 5.37. The minimum absolute atomic E-state index is 0.483. The van der Waals surface area contributed by atoms with E-state index in [4.69, 9.17) is 4.74 Å². The number of rotatable bonds is 4. The van der Waals surface area contributed by atoms with Crippen LogP contribution in [0.4, 0.5) is 5.95 Å². The summed E-state index contributed by atoms with van der Waals surface area (Å²) in [6, 6.07) is 2.27. The Balaban J connectivity index is 2.09. The lowest BCUT2D eigenvalue weighted by atomic mass is 10.2. The van der Waals surface area contributed by atoms with Crippen LogP contribution in [0.1, 0.15) is 13.3 Å². The van der Waals surface area contributed by atoms with Crippen LogP contribution in [0.25, 0.3) is 0 Å². The van der Waals surface area contributed by atoms with Gasteiger partial charge in [0.1, 0.15) is 0 Å². The van der Waals surface area contributed by atoms with Gasteiger partial charge in [-0.15, -0.1) is 0 Å². The standard InChI is InChI=1S/C11H18N4O/c1-3-16-10-5-7-13-11(14-10)15(2)9-4-6-12-8-9/h5,7,9,12H,3-4,6,8H2,1-2H3. The van der Waals surface area contributed by atoms with Crippen LogP contribution in [-0.2, 0) is 0 Å². The highest BCUT2D eigenvalue weighted by molar-refractivity contribution is 5.32. The van der Waals surface area contributed by atoms with Gasteiger partial charge in [0.2, 0.25) is 11.8 Å². The molecule has 1 saturated heterocycles. The van der Waals surface area contributed by atoms with Gasteiger partial charge in [0.05, 0.1) is 6.61 Å². The maximum absolute atomic E-state index is 5.37. The van der Waals surface area contributed by atoms with Crippen LogP contribution in [0.2, 0.25) is 0 Å². The molecule has 1 unspecified atom stereocenters. The first-order valence-corrected chi connectivity index (χ1v) is 5.70. The van der Waals surface area contributed by atoms with Crippen LogP contribution in [-0.4, -0.2) is 42.8 Å². The van der Waals surface area contributed by atoms with Gasteiger partial charge >= 0.3 is 0 Å². The Bertz CT molecular complexity index is 339. The van der Waals surface area contributed by atoms with E-state index in [0.717, 1.165) is 25.5 Å². The maximum atomic E-state index is 5.37. The molecule has 0 radical (unpaired) electrons. The van der Waals surface area contributed by atoms with Crippen molar-refractivity contribution in [3.8, 4) is 5.88 Å². The molecule has 1 aromatic rings. The molecule has 1 atom stereocenters. The zero-order chi connectivity index (χ0) is 11.4. The highest BCUT2D eigenvalue weighted by Gasteiger charge is 2.21. The van der Waals surface area contributed by atoms with Crippen LogP contribution in [0.15, 0.2) is 12.3 Å². The molecule has 0 amide bonds. The zero-order valence-corrected chi connectivity index (χ0v) is 9.81. The number of nitrogens with zero attached hydrogens (tertiary/aromatic N) is 3. The van der Waals surface area contributed by atoms with Crippen LogP contribution < -0.4 is 15.0 Å². The summed E-state index contributed by atoms with van der Waals surface area (Å²) in [4.78, 5) is 10.8. The lowest BCUT2D eigenvalue weighted by Gasteiger charge is -2.23. The summed E-state index contributed by atoms with van der Waals surface area (Å²) in [5.41, 5.74) is 0. The van der Waals surface area contributed by atoms with Crippen LogP contribution in [0.3, 0.4) is 0 Å². The van der Waals surface area contributed by atoms with Crippen LogP contribution in [0, 0.1) is 0 Å². The van der Waals surface area contributed by atoms with Crippen molar-refractivity contribution in [3.05, 3.63) is 12.3 Å². The van der Waals surface area contributed by atoms with Gasteiger partial charge in [-0.2, -0.15) is 4.98 Å². The number of aromatic nitrogens is 2. The number of hydrogen-bond donors (Lipinski definition) is 1. The van der Waals surface area contributed by atoms with Gasteiger partial charge in [0.15, 0.2) is 0 Å². The van der Waals surface area contributed by atoms with Gasteiger partial charge in [0, 0.05) is 31.9 Å². The Kier molecular flexibility index (Phi) is 3.56. The molecule has 1 fully saturated rings. The quantitative estimate of drug-likeness (QED) is 0.811. The molecule has 1 N–H and O–H groups in total. The number of ether oxygens (including phenoxy) is 1. The summed E-state index contributed by atoms with van der Waals surface area (Å²) >= 11 is 0. The molecule has 1 aliphatic heterocycles. The average molecular weight is 222 g/mol. The van der Waals surface area contributed by atoms with E-state index in [1.54, 1.807) is 12.3 Å². The minimum Gasteiger partial charge on any atom is -0.478 e. The van der Waals surface area contributed by atoms with Crippen LogP contribution in [0.5, 0.6) is 5.88 Å². The third kappa shape index (κ3) is 2.41. The van der Waals surface area contributed by atoms with E-state index in [9.17, 15) is 0 Å². The van der Waals surface area contributed by atoms with Crippen molar-refractivity contribution >= 4 is 5.95 Å². The second-order valence-corrected chi connectivity index (χ2v) is 3.89. The molecule has 5 heteroatoms. The molecule has 2 heterocycles. The van der Waals surface area contributed by atoms with E-state index >= 15 is 0 Å². The summed E-state index contributed by atoms with van der Waals surface area (Å²) in [5.74, 6) is 1.38. The van der Waals surface area contributed by atoms with Crippen molar-refractivity contribution in [2.24, 2.45) is 0 Å². The topological polar surface area (TPSA) is 50.3 Å². The van der Waals surface area contributed by atoms with Gasteiger partial charge in [0.25, 0.3) is 0 Å². The van der Waals surface area contributed by atoms with E-state index < -0.39 is 0 Å². The molecule has 1 aromatic heterocycles. The van der Waals surface area contributed by atoms with E-state index in [1.807, 2.05) is 14.0 Å². The van der Waals surface area contributed by atoms with E-state index in [2.05, 4.69) is 20.2 Å². The summed E-state index contributed by atoms with van der Waals surface area (Å²) in [7, 11) is 2.03. The molecular formula is C11H18N4O. The third-order valence-corrected chi connectivity index (χ3v) is 2.81. The molecule has 5 nitrogen and oxygen atoms in total. The smallest absolute Gasteiger partial charge is 0.228 e. The van der Waals surface area contributed by atoms with Crippen molar-refractivity contribution in [2.75, 3.05) is 31.6 Å². The first-order chi connectivity index (χ1) is 7.81. The van der Waals surface area contributed by atoms with Crippen molar-refractivity contribution in [1.29, 1.82) is 0 Å². The van der Waals surface area contributed by atoms with Gasteiger partial charge in [-0.05, 0) is 19.9 Å². The van der Waals surface area contributed by atoms with Crippen molar-refractivity contribution in [3.63, 3.8) is 0 Å². The third-order valence-electron chi connectivity index (χ3n) is 2.81. The predicted molar refractivity (Wildman–Crippen MR) is 62.9 cm³/mol. The Morgan fingerprint density at radius 1 is 1.62 bits per heavy atom. The number of hydrogen-bond acceptors (Lipinski definition) is 5. The Hall–Kier alpha value is -1.36. The highest BCUT2D eigenvalue weighted by atomic mass is 16.5. The highest BCUT2D eigenvalue weighted by Crippen LogP contribution is 2.16. The normalized spacial score (nSPS) is 19.8. The fourth-order valence-electron chi connectivity index (χ4n) is 1.86. The van der Waals surface area contributed by atoms with E-state index in [0.29, 0.717) is 18.5 Å². The first kappa shape index (κ1) is 11.1. The second kappa shape index (κ2) is 5.12. The molecule has 88 valence electrons.